The topological polar surface area (TPSA) is 137 Å². The van der Waals surface area contributed by atoms with E-state index in [0.29, 0.717) is 24.2 Å². The molecule has 3 fully saturated rings. The molecule has 10 nitrogen and oxygen atoms in total. The molecule has 4 N–H and O–H groups in total. The minimum absolute atomic E-state index is 0.0416. The van der Waals surface area contributed by atoms with Crippen LogP contribution in [0.25, 0.3) is 0 Å². The molecule has 2 aliphatic heterocycles. The number of benzene rings is 2. The third kappa shape index (κ3) is 9.22. The average molecular weight is 664 g/mol. The van der Waals surface area contributed by atoms with Crippen LogP contribution in [0.4, 0.5) is 5.69 Å². The molecule has 262 valence electrons. The number of carbonyl (C=O) groups excluding carboxylic acids is 2. The van der Waals surface area contributed by atoms with E-state index in [1.165, 1.54) is 12.8 Å². The van der Waals surface area contributed by atoms with E-state index >= 15 is 0 Å². The van der Waals surface area contributed by atoms with Crippen LogP contribution >= 0.6 is 0 Å². The molecule has 0 radical (unpaired) electrons. The summed E-state index contributed by atoms with van der Waals surface area (Å²) >= 11 is 0. The Kier molecular flexibility index (Phi) is 11.9. The van der Waals surface area contributed by atoms with Gasteiger partial charge in [0.15, 0.2) is 6.29 Å². The van der Waals surface area contributed by atoms with Crippen molar-refractivity contribution >= 4 is 23.5 Å². The van der Waals surface area contributed by atoms with Gasteiger partial charge in [-0.1, -0.05) is 56.2 Å². The molecule has 1 saturated carbocycles. The predicted octanol–water partition coefficient (Wildman–Crippen LogP) is 6.10. The standard InChI is InChI=1S/C38H53N3O7/c1-24-32(22-41-30-12-6-5-9-26(30)19-20-31(41)36(46)40-38(2,3)4)47-37(48-35(24)27-17-15-25(23-42)16-18-27)28-10-7-11-29(21-28)39-33(43)13-8-14-34(44)45/h7,10-11,15-18,21,24,26,30-32,35,37,42H,5-6,8-9,12-14,19-20,22-23H2,1-4H3,(H,39,43)(H,40,46)(H,44,45)/t24-,26+,30+,31+,32+,35+,37+/m0/s1. The fraction of sp³-hybridized carbons (Fsp3) is 0.605. The van der Waals surface area contributed by atoms with E-state index in [2.05, 4.69) is 22.5 Å². The number of piperidine rings is 1. The second-order valence-electron chi connectivity index (χ2n) is 14.9. The van der Waals surface area contributed by atoms with Gasteiger partial charge in [0.25, 0.3) is 0 Å². The van der Waals surface area contributed by atoms with Gasteiger partial charge in [-0.2, -0.15) is 0 Å². The molecule has 5 rings (SSSR count). The fourth-order valence-corrected chi connectivity index (χ4v) is 7.65. The molecule has 0 unspecified atom stereocenters. The number of aliphatic hydroxyl groups excluding tert-OH is 1. The van der Waals surface area contributed by atoms with Gasteiger partial charge >= 0.3 is 5.97 Å². The summed E-state index contributed by atoms with van der Waals surface area (Å²) in [6.45, 7) is 8.76. The first kappa shape index (κ1) is 36.0. The Hall–Kier alpha value is -3.31. The van der Waals surface area contributed by atoms with Gasteiger partial charge in [0.1, 0.15) is 0 Å². The number of carbonyl (C=O) groups is 3. The summed E-state index contributed by atoms with van der Waals surface area (Å²) in [6, 6.07) is 15.3. The van der Waals surface area contributed by atoms with Crippen LogP contribution < -0.4 is 10.6 Å². The van der Waals surface area contributed by atoms with Crippen LogP contribution in [0.3, 0.4) is 0 Å². The molecule has 2 amide bonds. The van der Waals surface area contributed by atoms with E-state index < -0.39 is 12.3 Å². The zero-order chi connectivity index (χ0) is 34.4. The van der Waals surface area contributed by atoms with E-state index in [4.69, 9.17) is 14.6 Å². The van der Waals surface area contributed by atoms with Gasteiger partial charge in [-0.05, 0) is 82.1 Å². The smallest absolute Gasteiger partial charge is 0.303 e. The van der Waals surface area contributed by atoms with Crippen molar-refractivity contribution < 1.29 is 34.1 Å². The SMILES string of the molecule is C[C@H]1[C@@H](CN2[C@@H](C(=O)NC(C)(C)C)CC[C@H]3CCCC[C@H]32)O[C@@H](c2cccc(NC(=O)CCCC(=O)O)c2)O[C@H]1c1ccc(CO)cc1. The predicted molar refractivity (Wildman–Crippen MR) is 183 cm³/mol. The quantitative estimate of drug-likeness (QED) is 0.226. The van der Waals surface area contributed by atoms with Crippen molar-refractivity contribution in [1.29, 1.82) is 0 Å². The number of carboxylic acids is 1. The van der Waals surface area contributed by atoms with Crippen molar-refractivity contribution in [3.05, 3.63) is 65.2 Å². The van der Waals surface area contributed by atoms with Gasteiger partial charge in [-0.15, -0.1) is 0 Å². The molecular formula is C38H53N3O7. The first-order valence-electron chi connectivity index (χ1n) is 17.6. The first-order chi connectivity index (χ1) is 22.9. The zero-order valence-electron chi connectivity index (χ0n) is 28.8. The van der Waals surface area contributed by atoms with Crippen molar-refractivity contribution in [2.45, 2.75) is 128 Å². The zero-order valence-corrected chi connectivity index (χ0v) is 28.8. The molecule has 0 aromatic heterocycles. The van der Waals surface area contributed by atoms with Crippen LogP contribution in [0.1, 0.15) is 115 Å². The van der Waals surface area contributed by atoms with Crippen molar-refractivity contribution in [2.24, 2.45) is 11.8 Å². The lowest BCUT2D eigenvalue weighted by Crippen LogP contribution is -2.61. The van der Waals surface area contributed by atoms with Crippen molar-refractivity contribution in [3.8, 4) is 0 Å². The lowest BCUT2D eigenvalue weighted by Gasteiger charge is -2.51. The number of aliphatic carboxylic acids is 1. The third-order valence-electron chi connectivity index (χ3n) is 10.1. The van der Waals surface area contributed by atoms with Crippen molar-refractivity contribution in [1.82, 2.24) is 10.2 Å². The van der Waals surface area contributed by atoms with Crippen LogP contribution in [0.5, 0.6) is 0 Å². The molecular weight excluding hydrogens is 610 g/mol. The van der Waals surface area contributed by atoms with Crippen LogP contribution in [0, 0.1) is 11.8 Å². The minimum atomic E-state index is -0.926. The van der Waals surface area contributed by atoms with Crippen LogP contribution in [-0.4, -0.2) is 63.2 Å². The molecule has 7 atom stereocenters. The van der Waals surface area contributed by atoms with Crippen LogP contribution in [0.2, 0.25) is 0 Å². The Morgan fingerprint density at radius 2 is 1.69 bits per heavy atom. The number of anilines is 1. The normalized spacial score (nSPS) is 27.9. The Bertz CT molecular complexity index is 1410. The number of aliphatic hydroxyl groups is 1. The highest BCUT2D eigenvalue weighted by atomic mass is 16.7. The van der Waals surface area contributed by atoms with E-state index in [1.54, 1.807) is 6.07 Å². The molecule has 2 saturated heterocycles. The van der Waals surface area contributed by atoms with Crippen LogP contribution in [-0.2, 0) is 30.5 Å². The fourth-order valence-electron chi connectivity index (χ4n) is 7.65. The summed E-state index contributed by atoms with van der Waals surface area (Å²) in [5, 5.41) is 24.7. The lowest BCUT2D eigenvalue weighted by atomic mass is 9.75. The summed E-state index contributed by atoms with van der Waals surface area (Å²) in [5.74, 6) is -0.579. The highest BCUT2D eigenvalue weighted by Gasteiger charge is 2.46. The van der Waals surface area contributed by atoms with Gasteiger partial charge in [-0.3, -0.25) is 19.3 Å². The van der Waals surface area contributed by atoms with Gasteiger partial charge in [-0.25, -0.2) is 0 Å². The van der Waals surface area contributed by atoms with Crippen molar-refractivity contribution in [2.75, 3.05) is 11.9 Å². The summed E-state index contributed by atoms with van der Waals surface area (Å²) in [4.78, 5) is 39.6. The molecule has 2 aromatic rings. The number of amides is 2. The van der Waals surface area contributed by atoms with E-state index in [0.717, 1.165) is 42.4 Å². The number of likely N-dealkylation sites (tertiary alicyclic amines) is 1. The number of nitrogens with one attached hydrogen (secondary N) is 2. The maximum atomic E-state index is 13.8. The van der Waals surface area contributed by atoms with Crippen molar-refractivity contribution in [3.63, 3.8) is 0 Å². The number of ether oxygens (including phenoxy) is 2. The Morgan fingerprint density at radius 3 is 2.40 bits per heavy atom. The summed E-state index contributed by atoms with van der Waals surface area (Å²) in [6.07, 6.45) is 5.55. The molecule has 2 aromatic carbocycles. The van der Waals surface area contributed by atoms with Gasteiger partial charge in [0, 0.05) is 48.1 Å². The summed E-state index contributed by atoms with van der Waals surface area (Å²) in [5.41, 5.74) is 2.81. The summed E-state index contributed by atoms with van der Waals surface area (Å²) in [7, 11) is 0. The largest absolute Gasteiger partial charge is 0.481 e. The number of nitrogens with zero attached hydrogens (tertiary/aromatic N) is 1. The van der Waals surface area contributed by atoms with Gasteiger partial charge in [0.2, 0.25) is 11.8 Å². The molecule has 10 heteroatoms. The molecule has 0 spiro atoms. The van der Waals surface area contributed by atoms with E-state index in [9.17, 15) is 19.5 Å². The first-order valence-corrected chi connectivity index (χ1v) is 17.6. The second-order valence-corrected chi connectivity index (χ2v) is 14.9. The maximum absolute atomic E-state index is 13.8. The monoisotopic (exact) mass is 663 g/mol. The highest BCUT2D eigenvalue weighted by Crippen LogP contribution is 2.44. The Labute approximate surface area is 284 Å². The van der Waals surface area contributed by atoms with Crippen LogP contribution in [0.15, 0.2) is 48.5 Å². The molecule has 2 heterocycles. The molecule has 48 heavy (non-hydrogen) atoms. The number of fused-ring (bicyclic) bond motifs is 1. The number of carboxylic acid groups (broad SMARTS) is 1. The maximum Gasteiger partial charge on any atom is 0.303 e. The minimum Gasteiger partial charge on any atom is -0.481 e. The van der Waals surface area contributed by atoms with E-state index in [1.807, 2.05) is 63.2 Å². The molecule has 0 bridgehead atoms. The number of hydrogen-bond donors (Lipinski definition) is 4. The molecule has 3 aliphatic rings. The van der Waals surface area contributed by atoms with Gasteiger partial charge < -0.3 is 30.3 Å². The highest BCUT2D eigenvalue weighted by molar-refractivity contribution is 5.91. The van der Waals surface area contributed by atoms with Gasteiger partial charge in [0.05, 0.1) is 24.9 Å². The Morgan fingerprint density at radius 1 is 0.938 bits per heavy atom. The number of rotatable bonds is 11. The third-order valence-corrected chi connectivity index (χ3v) is 10.1. The second kappa shape index (κ2) is 15.9. The van der Waals surface area contributed by atoms with E-state index in [-0.39, 0.29) is 67.4 Å². The lowest BCUT2D eigenvalue weighted by molar-refractivity contribution is -0.278. The number of hydrogen-bond acceptors (Lipinski definition) is 7. The summed E-state index contributed by atoms with van der Waals surface area (Å²) < 4.78 is 13.5. The average Bonchev–Trinajstić information content (AvgIpc) is 3.05. The molecule has 1 aliphatic carbocycles. The Balaban J connectivity index is 1.42.